The van der Waals surface area contributed by atoms with Crippen LogP contribution in [0.3, 0.4) is 0 Å². The molecule has 0 saturated heterocycles. The molecular weight excluding hydrogens is 478 g/mol. The molecule has 1 aromatic heterocycles. The summed E-state index contributed by atoms with van der Waals surface area (Å²) in [5, 5.41) is 5.21. The van der Waals surface area contributed by atoms with Crippen molar-refractivity contribution >= 4 is 34.4 Å². The number of hydrogen-bond donors (Lipinski definition) is 3. The highest BCUT2D eigenvalue weighted by atomic mass is 32.2. The molecule has 2 aromatic rings. The topological polar surface area (TPSA) is 132 Å². The number of carbonyl (C=O) groups excluding carboxylic acids is 2. The molecule has 0 bridgehead atoms. The van der Waals surface area contributed by atoms with Crippen LogP contribution in [0.2, 0.25) is 0 Å². The van der Waals surface area contributed by atoms with Gasteiger partial charge in [-0.1, -0.05) is 24.6 Å². The molecule has 35 heavy (non-hydrogen) atoms. The van der Waals surface area contributed by atoms with Gasteiger partial charge in [0.25, 0.3) is 5.91 Å². The molecule has 2 aliphatic rings. The molecule has 1 saturated carbocycles. The van der Waals surface area contributed by atoms with Crippen LogP contribution >= 0.6 is 11.8 Å². The van der Waals surface area contributed by atoms with Gasteiger partial charge in [0, 0.05) is 30.3 Å². The molecule has 1 aliphatic carbocycles. The quantitative estimate of drug-likeness (QED) is 0.517. The Hall–Kier alpha value is -3.72. The number of rotatable bonds is 6. The van der Waals surface area contributed by atoms with Crippen LogP contribution < -0.4 is 21.1 Å². The van der Waals surface area contributed by atoms with Crippen molar-refractivity contribution in [1.29, 1.82) is 0 Å². The molecule has 0 spiro atoms. The van der Waals surface area contributed by atoms with E-state index in [4.69, 9.17) is 16.9 Å². The van der Waals surface area contributed by atoms with Crippen molar-refractivity contribution < 1.29 is 23.1 Å². The van der Waals surface area contributed by atoms with E-state index >= 15 is 4.39 Å². The zero-order valence-corrected chi connectivity index (χ0v) is 19.9. The minimum atomic E-state index is -1.34. The van der Waals surface area contributed by atoms with Gasteiger partial charge in [0.1, 0.15) is 10.4 Å². The second-order valence-corrected chi connectivity index (χ2v) is 9.64. The Bertz CT molecular complexity index is 1280. The molecule has 0 radical (unpaired) electrons. The van der Waals surface area contributed by atoms with Crippen molar-refractivity contribution in [2.24, 2.45) is 22.6 Å². The van der Waals surface area contributed by atoms with Crippen LogP contribution in [0.25, 0.3) is 0 Å². The van der Waals surface area contributed by atoms with Gasteiger partial charge in [0.15, 0.2) is 23.4 Å². The lowest BCUT2D eigenvalue weighted by atomic mass is 9.84. The van der Waals surface area contributed by atoms with Gasteiger partial charge in [-0.2, -0.15) is 0 Å². The fourth-order valence-corrected chi connectivity index (χ4v) is 6.34. The van der Waals surface area contributed by atoms with Crippen LogP contribution in [0.4, 0.5) is 14.5 Å². The number of ether oxygens (including phenoxy) is 1. The van der Waals surface area contributed by atoms with E-state index in [1.165, 1.54) is 19.3 Å². The fourth-order valence-electron chi connectivity index (χ4n) is 4.75. The summed E-state index contributed by atoms with van der Waals surface area (Å²) in [6, 6.07) is 2.14. The van der Waals surface area contributed by atoms with Crippen molar-refractivity contribution in [2.75, 3.05) is 19.0 Å². The number of anilines is 1. The van der Waals surface area contributed by atoms with E-state index in [9.17, 15) is 14.0 Å². The minimum absolute atomic E-state index is 0.0110. The molecule has 2 amide bonds. The van der Waals surface area contributed by atoms with Crippen LogP contribution in [0.15, 0.2) is 29.5 Å². The first-order valence-corrected chi connectivity index (χ1v) is 11.4. The number of nitrogens with two attached hydrogens (primary N) is 1. The van der Waals surface area contributed by atoms with Gasteiger partial charge in [-0.05, 0) is 18.9 Å². The van der Waals surface area contributed by atoms with E-state index in [1.54, 1.807) is 6.92 Å². The van der Waals surface area contributed by atoms with E-state index in [0.717, 1.165) is 24.0 Å². The van der Waals surface area contributed by atoms with E-state index in [2.05, 4.69) is 31.5 Å². The SMILES string of the molecule is C#CCOc1cnc(C(=O)Nc2cc(F)c(F)c([C@@]3(C)N=C(N)S[C@]4(C(=O)NC)C3[C@@H]4C)c2)cn1. The highest BCUT2D eigenvalue weighted by molar-refractivity contribution is 8.15. The number of halogens is 2. The van der Waals surface area contributed by atoms with Crippen LogP contribution in [0.5, 0.6) is 5.88 Å². The zero-order valence-electron chi connectivity index (χ0n) is 19.1. The van der Waals surface area contributed by atoms with Gasteiger partial charge in [-0.25, -0.2) is 18.7 Å². The summed E-state index contributed by atoms with van der Waals surface area (Å²) in [7, 11) is 1.51. The Morgan fingerprint density at radius 1 is 1.31 bits per heavy atom. The molecule has 12 heteroatoms. The van der Waals surface area contributed by atoms with Gasteiger partial charge in [-0.15, -0.1) is 6.42 Å². The summed E-state index contributed by atoms with van der Waals surface area (Å²) in [6.45, 7) is 3.44. The second-order valence-electron chi connectivity index (χ2n) is 8.34. The fraction of sp³-hybridized carbons (Fsp3) is 0.348. The number of hydrogen-bond acceptors (Lipinski definition) is 8. The molecule has 1 aliphatic heterocycles. The zero-order chi connectivity index (χ0) is 25.5. The van der Waals surface area contributed by atoms with Crippen LogP contribution in [-0.2, 0) is 10.3 Å². The molecular formula is C23H22F2N6O3S. The van der Waals surface area contributed by atoms with E-state index in [1.807, 2.05) is 6.92 Å². The molecule has 4 atom stereocenters. The molecule has 9 nitrogen and oxygen atoms in total. The Kier molecular flexibility index (Phi) is 6.14. The van der Waals surface area contributed by atoms with Gasteiger partial charge < -0.3 is 21.1 Å². The smallest absolute Gasteiger partial charge is 0.275 e. The molecule has 2 heterocycles. The molecule has 1 aromatic carbocycles. The molecule has 4 N–H and O–H groups in total. The Labute approximate surface area is 204 Å². The maximum atomic E-state index is 15.1. The van der Waals surface area contributed by atoms with Crippen molar-refractivity contribution in [3.63, 3.8) is 0 Å². The minimum Gasteiger partial charge on any atom is -0.463 e. The average molecular weight is 501 g/mol. The lowest BCUT2D eigenvalue weighted by molar-refractivity contribution is -0.121. The Morgan fingerprint density at radius 2 is 2.06 bits per heavy atom. The first-order chi connectivity index (χ1) is 16.6. The van der Waals surface area contributed by atoms with E-state index < -0.39 is 33.7 Å². The van der Waals surface area contributed by atoms with Crippen molar-refractivity contribution in [1.82, 2.24) is 15.3 Å². The summed E-state index contributed by atoms with van der Waals surface area (Å²) >= 11 is 1.12. The number of carbonyl (C=O) groups is 2. The van der Waals surface area contributed by atoms with Crippen molar-refractivity contribution in [3.8, 4) is 18.2 Å². The lowest BCUT2D eigenvalue weighted by Gasteiger charge is -2.33. The predicted octanol–water partition coefficient (Wildman–Crippen LogP) is 2.05. The lowest BCUT2D eigenvalue weighted by Crippen LogP contribution is -2.43. The standard InChI is InChI=1S/C23H22F2N6O3S/c1-5-6-34-16-10-28-15(9-29-16)19(32)30-12-7-13(17(25)14(24)8-12)22(3)18-11(2)23(18,20(33)27-4)35-21(26)31-22/h1,7-11,18H,6H2,2-4H3,(H2,26,31)(H,27,33)(H,30,32)/t11-,18?,22+,23-/m0/s1. The van der Waals surface area contributed by atoms with Gasteiger partial charge in [0.2, 0.25) is 11.8 Å². The van der Waals surface area contributed by atoms with E-state index in [0.29, 0.717) is 0 Å². The maximum absolute atomic E-state index is 15.1. The summed E-state index contributed by atoms with van der Waals surface area (Å²) in [4.78, 5) is 37.7. The largest absolute Gasteiger partial charge is 0.463 e. The normalized spacial score (nSPS) is 26.6. The molecule has 1 fully saturated rings. The number of amidine groups is 1. The van der Waals surface area contributed by atoms with Gasteiger partial charge in [-0.3, -0.25) is 14.6 Å². The third-order valence-electron chi connectivity index (χ3n) is 6.33. The van der Waals surface area contributed by atoms with Gasteiger partial charge >= 0.3 is 0 Å². The number of aliphatic imine (C=N–C) groups is 1. The second kappa shape index (κ2) is 8.81. The van der Waals surface area contributed by atoms with Gasteiger partial charge in [0.05, 0.1) is 17.9 Å². The predicted molar refractivity (Wildman–Crippen MR) is 127 cm³/mol. The molecule has 4 rings (SSSR count). The average Bonchev–Trinajstić information content (AvgIpc) is 3.45. The Morgan fingerprint density at radius 3 is 2.69 bits per heavy atom. The highest BCUT2D eigenvalue weighted by Gasteiger charge is 2.76. The third kappa shape index (κ3) is 3.95. The summed E-state index contributed by atoms with van der Waals surface area (Å²) in [6.07, 6.45) is 7.49. The summed E-state index contributed by atoms with van der Waals surface area (Å²) in [5.41, 5.74) is 4.47. The molecule has 1 unspecified atom stereocenters. The monoisotopic (exact) mass is 500 g/mol. The first-order valence-electron chi connectivity index (χ1n) is 10.5. The summed E-state index contributed by atoms with van der Waals surface area (Å²) < 4.78 is 34.0. The highest BCUT2D eigenvalue weighted by Crippen LogP contribution is 2.69. The maximum Gasteiger partial charge on any atom is 0.275 e. The van der Waals surface area contributed by atoms with E-state index in [-0.39, 0.29) is 46.4 Å². The molecule has 182 valence electrons. The number of fused-ring (bicyclic) bond motifs is 1. The van der Waals surface area contributed by atoms with Crippen molar-refractivity contribution in [3.05, 3.63) is 47.4 Å². The number of amides is 2. The van der Waals surface area contributed by atoms with Crippen LogP contribution in [-0.4, -0.2) is 45.4 Å². The number of benzene rings is 1. The number of aromatic nitrogens is 2. The third-order valence-corrected chi connectivity index (χ3v) is 7.78. The van der Waals surface area contributed by atoms with Crippen LogP contribution in [0.1, 0.15) is 29.9 Å². The Balaban J connectivity index is 1.66. The van der Waals surface area contributed by atoms with Crippen LogP contribution in [0, 0.1) is 35.8 Å². The number of thioether (sulfide) groups is 1. The first kappa shape index (κ1) is 24.4. The number of nitrogens with one attached hydrogen (secondary N) is 2. The number of terminal acetylenes is 1. The summed E-state index contributed by atoms with van der Waals surface area (Å²) in [5.74, 6) is -1.54. The number of nitrogens with zero attached hydrogens (tertiary/aromatic N) is 3. The van der Waals surface area contributed by atoms with Crippen molar-refractivity contribution in [2.45, 2.75) is 24.1 Å².